The molecule has 0 saturated heterocycles. The van der Waals surface area contributed by atoms with Crippen molar-refractivity contribution in [3.63, 3.8) is 0 Å². The first-order chi connectivity index (χ1) is 8.67. The van der Waals surface area contributed by atoms with Crippen molar-refractivity contribution in [1.82, 2.24) is 5.32 Å². The highest BCUT2D eigenvalue weighted by molar-refractivity contribution is 6.01. The van der Waals surface area contributed by atoms with Crippen molar-refractivity contribution < 1.29 is 15.0 Å². The molecule has 0 heterocycles. The van der Waals surface area contributed by atoms with Gasteiger partial charge in [-0.25, -0.2) is 0 Å². The predicted molar refractivity (Wildman–Crippen MR) is 66.1 cm³/mol. The minimum atomic E-state index is -1.02. The Kier molecular flexibility index (Phi) is 5.58. The van der Waals surface area contributed by atoms with Gasteiger partial charge in [0.05, 0.1) is 12.7 Å². The van der Waals surface area contributed by atoms with Crippen LogP contribution in [-0.2, 0) is 4.79 Å². The average molecular weight is 246 g/mol. The number of carbonyl (C=O) groups excluding carboxylic acids is 1. The van der Waals surface area contributed by atoms with Crippen molar-refractivity contribution in [2.24, 2.45) is 0 Å². The molecule has 1 aromatic carbocycles. The maximum Gasteiger partial charge on any atom is 0.262 e. The van der Waals surface area contributed by atoms with Crippen LogP contribution in [0.1, 0.15) is 5.56 Å². The molecule has 1 atom stereocenters. The summed E-state index contributed by atoms with van der Waals surface area (Å²) in [5, 5.41) is 28.9. The topological polar surface area (TPSA) is 93.4 Å². The van der Waals surface area contributed by atoms with Crippen LogP contribution in [-0.4, -0.2) is 35.4 Å². The number of hydrogen-bond donors (Lipinski definition) is 3. The minimum Gasteiger partial charge on any atom is -0.394 e. The van der Waals surface area contributed by atoms with Crippen LogP contribution in [0, 0.1) is 11.3 Å². The van der Waals surface area contributed by atoms with Gasteiger partial charge in [-0.05, 0) is 11.6 Å². The van der Waals surface area contributed by atoms with Crippen molar-refractivity contribution in [2.45, 2.75) is 6.10 Å². The Morgan fingerprint density at radius 2 is 2.11 bits per heavy atom. The van der Waals surface area contributed by atoms with Gasteiger partial charge in [0, 0.05) is 6.54 Å². The monoisotopic (exact) mass is 246 g/mol. The van der Waals surface area contributed by atoms with Gasteiger partial charge in [-0.3, -0.25) is 4.79 Å². The lowest BCUT2D eigenvalue weighted by atomic mass is 10.1. The molecule has 1 aromatic rings. The molecular formula is C13H14N2O3. The highest BCUT2D eigenvalue weighted by atomic mass is 16.3. The summed E-state index contributed by atoms with van der Waals surface area (Å²) >= 11 is 0. The molecule has 0 bridgehead atoms. The van der Waals surface area contributed by atoms with E-state index in [2.05, 4.69) is 5.32 Å². The van der Waals surface area contributed by atoms with Crippen molar-refractivity contribution in [3.05, 3.63) is 41.5 Å². The first-order valence-electron chi connectivity index (χ1n) is 5.41. The van der Waals surface area contributed by atoms with Gasteiger partial charge in [0.1, 0.15) is 11.6 Å². The Bertz CT molecular complexity index is 463. The summed E-state index contributed by atoms with van der Waals surface area (Å²) in [4.78, 5) is 11.6. The molecule has 0 aliphatic heterocycles. The molecule has 0 saturated carbocycles. The fraction of sp³-hybridized carbons (Fsp3) is 0.231. The SMILES string of the molecule is N#C/C(=C\c1ccccc1)C(=O)NCC(O)CO. The largest absolute Gasteiger partial charge is 0.394 e. The third kappa shape index (κ3) is 4.37. The van der Waals surface area contributed by atoms with Gasteiger partial charge in [-0.2, -0.15) is 5.26 Å². The van der Waals surface area contributed by atoms with Gasteiger partial charge in [0.2, 0.25) is 0 Å². The number of aliphatic hydroxyl groups is 2. The average Bonchev–Trinajstić information content (AvgIpc) is 2.42. The van der Waals surface area contributed by atoms with E-state index in [-0.39, 0.29) is 12.1 Å². The summed E-state index contributed by atoms with van der Waals surface area (Å²) in [6.07, 6.45) is 0.436. The molecule has 0 aromatic heterocycles. The number of nitrogens with zero attached hydrogens (tertiary/aromatic N) is 1. The third-order valence-corrected chi connectivity index (χ3v) is 2.18. The standard InChI is InChI=1S/C13H14N2O3/c14-7-11(6-10-4-2-1-3-5-10)13(18)15-8-12(17)9-16/h1-6,12,16-17H,8-9H2,(H,15,18)/b11-6+. The number of aliphatic hydroxyl groups excluding tert-OH is 2. The van der Waals surface area contributed by atoms with Crippen LogP contribution in [0.4, 0.5) is 0 Å². The maximum absolute atomic E-state index is 11.6. The molecule has 0 radical (unpaired) electrons. The molecule has 0 fully saturated rings. The Hall–Kier alpha value is -2.16. The lowest BCUT2D eigenvalue weighted by Crippen LogP contribution is -2.34. The predicted octanol–water partition coefficient (Wildman–Crippen LogP) is 0.0630. The highest BCUT2D eigenvalue weighted by Gasteiger charge is 2.10. The third-order valence-electron chi connectivity index (χ3n) is 2.18. The van der Waals surface area contributed by atoms with E-state index in [1.54, 1.807) is 30.3 Å². The van der Waals surface area contributed by atoms with Crippen LogP contribution in [0.25, 0.3) is 6.08 Å². The Balaban J connectivity index is 2.70. The number of nitriles is 1. The fourth-order valence-electron chi connectivity index (χ4n) is 1.23. The van der Waals surface area contributed by atoms with Crippen LogP contribution in [0.15, 0.2) is 35.9 Å². The van der Waals surface area contributed by atoms with Crippen LogP contribution < -0.4 is 5.32 Å². The molecule has 5 nitrogen and oxygen atoms in total. The first-order valence-corrected chi connectivity index (χ1v) is 5.41. The lowest BCUT2D eigenvalue weighted by Gasteiger charge is -2.08. The van der Waals surface area contributed by atoms with E-state index in [0.717, 1.165) is 5.56 Å². The van der Waals surface area contributed by atoms with Crippen molar-refractivity contribution >= 4 is 12.0 Å². The van der Waals surface area contributed by atoms with Crippen LogP contribution in [0.2, 0.25) is 0 Å². The zero-order valence-corrected chi connectivity index (χ0v) is 9.71. The number of carbonyl (C=O) groups is 1. The smallest absolute Gasteiger partial charge is 0.262 e. The van der Waals surface area contributed by atoms with Gasteiger partial charge in [-0.1, -0.05) is 30.3 Å². The number of benzene rings is 1. The number of nitrogens with one attached hydrogen (secondary N) is 1. The molecule has 0 aliphatic rings. The Morgan fingerprint density at radius 1 is 1.44 bits per heavy atom. The molecule has 0 spiro atoms. The van der Waals surface area contributed by atoms with Gasteiger partial charge in [0.15, 0.2) is 0 Å². The molecule has 3 N–H and O–H groups in total. The Morgan fingerprint density at radius 3 is 2.67 bits per heavy atom. The zero-order valence-electron chi connectivity index (χ0n) is 9.71. The van der Waals surface area contributed by atoms with E-state index in [4.69, 9.17) is 15.5 Å². The minimum absolute atomic E-state index is 0.0497. The number of amides is 1. The molecule has 18 heavy (non-hydrogen) atoms. The summed E-state index contributed by atoms with van der Waals surface area (Å²) in [6.45, 7) is -0.534. The zero-order chi connectivity index (χ0) is 13.4. The van der Waals surface area contributed by atoms with E-state index in [9.17, 15) is 4.79 Å². The quantitative estimate of drug-likeness (QED) is 0.506. The molecule has 94 valence electrons. The van der Waals surface area contributed by atoms with Crippen LogP contribution in [0.5, 0.6) is 0 Å². The molecule has 1 unspecified atom stereocenters. The second-order valence-corrected chi connectivity index (χ2v) is 3.63. The van der Waals surface area contributed by atoms with E-state index in [1.807, 2.05) is 6.07 Å². The Labute approximate surface area is 105 Å². The van der Waals surface area contributed by atoms with Crippen molar-refractivity contribution in [3.8, 4) is 6.07 Å². The fourth-order valence-corrected chi connectivity index (χ4v) is 1.23. The summed E-state index contributed by atoms with van der Waals surface area (Å²) < 4.78 is 0. The van der Waals surface area contributed by atoms with E-state index < -0.39 is 18.6 Å². The normalized spacial score (nSPS) is 12.6. The number of rotatable bonds is 5. The molecule has 0 aliphatic carbocycles. The second-order valence-electron chi connectivity index (χ2n) is 3.63. The van der Waals surface area contributed by atoms with E-state index in [0.29, 0.717) is 0 Å². The van der Waals surface area contributed by atoms with Crippen molar-refractivity contribution in [1.29, 1.82) is 5.26 Å². The molecule has 1 rings (SSSR count). The maximum atomic E-state index is 11.6. The number of hydrogen-bond acceptors (Lipinski definition) is 4. The van der Waals surface area contributed by atoms with E-state index in [1.165, 1.54) is 6.08 Å². The molecular weight excluding hydrogens is 232 g/mol. The van der Waals surface area contributed by atoms with Crippen LogP contribution in [0.3, 0.4) is 0 Å². The highest BCUT2D eigenvalue weighted by Crippen LogP contribution is 2.05. The van der Waals surface area contributed by atoms with Gasteiger partial charge in [0.25, 0.3) is 5.91 Å². The summed E-state index contributed by atoms with van der Waals surface area (Å²) in [5.74, 6) is -0.575. The molecule has 1 amide bonds. The molecule has 5 heteroatoms. The van der Waals surface area contributed by atoms with Crippen molar-refractivity contribution in [2.75, 3.05) is 13.2 Å². The summed E-state index contributed by atoms with van der Waals surface area (Å²) in [7, 11) is 0. The first kappa shape index (κ1) is 13.9. The lowest BCUT2D eigenvalue weighted by molar-refractivity contribution is -0.117. The van der Waals surface area contributed by atoms with E-state index >= 15 is 0 Å². The van der Waals surface area contributed by atoms with Crippen LogP contribution >= 0.6 is 0 Å². The van der Waals surface area contributed by atoms with Gasteiger partial charge in [-0.15, -0.1) is 0 Å². The second kappa shape index (κ2) is 7.22. The summed E-state index contributed by atoms with van der Waals surface area (Å²) in [5.41, 5.74) is 0.693. The van der Waals surface area contributed by atoms with Gasteiger partial charge < -0.3 is 15.5 Å². The summed E-state index contributed by atoms with van der Waals surface area (Å²) in [6, 6.07) is 10.8. The van der Waals surface area contributed by atoms with Gasteiger partial charge >= 0.3 is 0 Å².